The van der Waals surface area contributed by atoms with E-state index < -0.39 is 23.1 Å². The minimum atomic E-state index is -1.78. The number of aliphatic hydroxyl groups is 2. The average Bonchev–Trinajstić information content (AvgIpc) is 3.68. The second-order valence-corrected chi connectivity index (χ2v) is 13.2. The third-order valence-electron chi connectivity index (χ3n) is 10.2. The van der Waals surface area contributed by atoms with Gasteiger partial charge >= 0.3 is 11.9 Å². The van der Waals surface area contributed by atoms with Gasteiger partial charge in [0.15, 0.2) is 0 Å². The molecular weight excluding hydrogens is 705 g/mol. The number of carboxylic acids is 1. The van der Waals surface area contributed by atoms with E-state index >= 15 is 0 Å². The Bertz CT molecular complexity index is 2460. The van der Waals surface area contributed by atoms with Crippen molar-refractivity contribution in [2.45, 2.75) is 18.1 Å². The third-order valence-corrected chi connectivity index (χ3v) is 10.2. The lowest BCUT2D eigenvalue weighted by molar-refractivity contribution is -0.140. The first-order valence-corrected chi connectivity index (χ1v) is 18.1. The number of carbonyl (C=O) groups excluding carboxylic acids is 1. The lowest BCUT2D eigenvalue weighted by atomic mass is 9.83. The number of rotatable bonds is 9. The maximum absolute atomic E-state index is 13.2. The molecule has 280 valence electrons. The van der Waals surface area contributed by atoms with Crippen LogP contribution in [0.3, 0.4) is 0 Å². The Kier molecular flexibility index (Phi) is 10.4. The highest BCUT2D eigenvalue weighted by Gasteiger charge is 2.50. The highest BCUT2D eigenvalue weighted by atomic mass is 16.5. The molecule has 2 atom stereocenters. The van der Waals surface area contributed by atoms with Crippen molar-refractivity contribution in [3.8, 4) is 11.5 Å². The van der Waals surface area contributed by atoms with Gasteiger partial charge in [-0.25, -0.2) is 9.59 Å². The summed E-state index contributed by atoms with van der Waals surface area (Å²) in [7, 11) is 3.12. The van der Waals surface area contributed by atoms with Crippen LogP contribution in [-0.2, 0) is 25.5 Å². The van der Waals surface area contributed by atoms with E-state index in [-0.39, 0.29) is 17.8 Å². The zero-order valence-corrected chi connectivity index (χ0v) is 31.1. The first-order valence-electron chi connectivity index (χ1n) is 18.1. The standard InChI is InChI=1S/C25H22O4.C23H18O4/c1-3-29-24(26)23-22(17-10-6-4-7-11-17)20-15-14-19(28-2)16-21(20)25(23,27)18-12-8-5-9-13-18;1-27-17-12-13-18-19(14-17)23(26,16-10-6-3-7-11-16)21(22(24)25)20(18)15-8-4-2-5-9-15/h4-16,27H,3H2,1-2H3;2-14,26H,1H3,(H,24,25). The highest BCUT2D eigenvalue weighted by molar-refractivity contribution is 6.09. The summed E-state index contributed by atoms with van der Waals surface area (Å²) in [6, 6.07) is 47.7. The third kappa shape index (κ3) is 6.34. The van der Waals surface area contributed by atoms with Crippen molar-refractivity contribution >= 4 is 23.1 Å². The van der Waals surface area contributed by atoms with Crippen molar-refractivity contribution in [1.82, 2.24) is 0 Å². The van der Waals surface area contributed by atoms with E-state index in [9.17, 15) is 24.9 Å². The summed E-state index contributed by atoms with van der Waals surface area (Å²) in [4.78, 5) is 25.5. The molecule has 2 aliphatic carbocycles. The summed E-state index contributed by atoms with van der Waals surface area (Å²) in [6.45, 7) is 1.97. The minimum Gasteiger partial charge on any atom is -0.497 e. The minimum absolute atomic E-state index is 0.0526. The van der Waals surface area contributed by atoms with Crippen LogP contribution >= 0.6 is 0 Å². The number of benzene rings is 6. The zero-order valence-electron chi connectivity index (χ0n) is 31.1. The van der Waals surface area contributed by atoms with Gasteiger partial charge in [0.2, 0.25) is 0 Å². The van der Waals surface area contributed by atoms with Crippen LogP contribution in [0.15, 0.2) is 169 Å². The SMILES string of the molecule is CCOC(=O)C1=C(c2ccccc2)c2ccc(OC)cc2C1(O)c1ccccc1.COc1ccc2c(c1)C(O)(c1ccccc1)C(C(=O)O)=C2c1ccccc1. The summed E-state index contributed by atoms with van der Waals surface area (Å²) >= 11 is 0. The molecular formula is C48H40O8. The van der Waals surface area contributed by atoms with Gasteiger partial charge in [0, 0.05) is 22.3 Å². The molecule has 2 unspecified atom stereocenters. The number of carboxylic acid groups (broad SMARTS) is 1. The molecule has 0 bridgehead atoms. The fraction of sp³-hybridized carbons (Fsp3) is 0.125. The van der Waals surface area contributed by atoms with Gasteiger partial charge < -0.3 is 29.5 Å². The number of hydrogen-bond acceptors (Lipinski definition) is 7. The van der Waals surface area contributed by atoms with Crippen molar-refractivity contribution in [2.75, 3.05) is 20.8 Å². The van der Waals surface area contributed by atoms with Crippen LogP contribution in [0.25, 0.3) is 11.1 Å². The van der Waals surface area contributed by atoms with Gasteiger partial charge in [-0.1, -0.05) is 133 Å². The van der Waals surface area contributed by atoms with Crippen LogP contribution in [0, 0.1) is 0 Å². The average molecular weight is 745 g/mol. The van der Waals surface area contributed by atoms with Crippen LogP contribution in [0.2, 0.25) is 0 Å². The van der Waals surface area contributed by atoms with Gasteiger partial charge in [0.05, 0.1) is 32.0 Å². The maximum atomic E-state index is 13.2. The Labute approximate surface area is 325 Å². The van der Waals surface area contributed by atoms with E-state index in [1.54, 1.807) is 69.7 Å². The second-order valence-electron chi connectivity index (χ2n) is 13.2. The number of aliphatic carboxylic acids is 1. The fourth-order valence-electron chi connectivity index (χ4n) is 7.72. The van der Waals surface area contributed by atoms with Gasteiger partial charge in [-0.3, -0.25) is 0 Å². The molecule has 0 spiro atoms. The number of esters is 1. The molecule has 8 nitrogen and oxygen atoms in total. The van der Waals surface area contributed by atoms with Crippen LogP contribution in [0.5, 0.6) is 11.5 Å². The van der Waals surface area contributed by atoms with Gasteiger partial charge in [0.1, 0.15) is 22.7 Å². The summed E-state index contributed by atoms with van der Waals surface area (Å²) in [5.41, 5.74) is 3.20. The number of ether oxygens (including phenoxy) is 3. The lowest BCUT2D eigenvalue weighted by Gasteiger charge is -2.28. The monoisotopic (exact) mass is 744 g/mol. The molecule has 8 heteroatoms. The van der Waals surface area contributed by atoms with Gasteiger partial charge in [-0.15, -0.1) is 0 Å². The maximum Gasteiger partial charge on any atom is 0.338 e. The molecule has 3 N–H and O–H groups in total. The van der Waals surface area contributed by atoms with E-state index in [1.807, 2.05) is 109 Å². The smallest absolute Gasteiger partial charge is 0.338 e. The summed E-state index contributed by atoms with van der Waals surface area (Å²) in [5.74, 6) is -0.527. The number of hydrogen-bond donors (Lipinski definition) is 3. The Hall–Kier alpha value is -6.74. The van der Waals surface area contributed by atoms with Crippen LogP contribution in [0.4, 0.5) is 0 Å². The van der Waals surface area contributed by atoms with Gasteiger partial charge in [0.25, 0.3) is 0 Å². The Morgan fingerprint density at radius 1 is 0.536 bits per heavy atom. The van der Waals surface area contributed by atoms with Crippen molar-refractivity contribution < 1.29 is 39.1 Å². The van der Waals surface area contributed by atoms with E-state index in [0.29, 0.717) is 50.5 Å². The highest BCUT2D eigenvalue weighted by Crippen LogP contribution is 2.53. The first-order chi connectivity index (χ1) is 27.2. The van der Waals surface area contributed by atoms with E-state index in [2.05, 4.69) is 0 Å². The van der Waals surface area contributed by atoms with E-state index in [1.165, 1.54) is 0 Å². The molecule has 0 radical (unpaired) electrons. The van der Waals surface area contributed by atoms with Crippen LogP contribution in [0.1, 0.15) is 51.4 Å². The molecule has 6 aromatic rings. The molecule has 6 aromatic carbocycles. The Morgan fingerprint density at radius 2 is 0.911 bits per heavy atom. The normalized spacial score (nSPS) is 18.0. The van der Waals surface area contributed by atoms with E-state index in [4.69, 9.17) is 14.2 Å². The van der Waals surface area contributed by atoms with Crippen molar-refractivity contribution in [2.24, 2.45) is 0 Å². The molecule has 8 rings (SSSR count). The van der Waals surface area contributed by atoms with Gasteiger partial charge in [-0.2, -0.15) is 0 Å². The lowest BCUT2D eigenvalue weighted by Crippen LogP contribution is -2.32. The molecule has 0 aromatic heterocycles. The summed E-state index contributed by atoms with van der Waals surface area (Å²) in [5, 5.41) is 34.0. The predicted octanol–water partition coefficient (Wildman–Crippen LogP) is 8.14. The van der Waals surface area contributed by atoms with Crippen LogP contribution < -0.4 is 9.47 Å². The van der Waals surface area contributed by atoms with Crippen molar-refractivity contribution in [3.05, 3.63) is 213 Å². The zero-order chi connectivity index (χ0) is 39.5. The molecule has 0 fully saturated rings. The Morgan fingerprint density at radius 3 is 1.29 bits per heavy atom. The molecule has 0 aliphatic heterocycles. The molecule has 56 heavy (non-hydrogen) atoms. The topological polar surface area (TPSA) is 123 Å². The number of carbonyl (C=O) groups is 2. The second kappa shape index (κ2) is 15.5. The van der Waals surface area contributed by atoms with Crippen LogP contribution in [-0.4, -0.2) is 48.1 Å². The Balaban J connectivity index is 0.000000172. The molecule has 0 saturated heterocycles. The molecule has 0 amide bonds. The largest absolute Gasteiger partial charge is 0.497 e. The summed E-state index contributed by atoms with van der Waals surface area (Å²) in [6.07, 6.45) is 0. The quantitative estimate of drug-likeness (QED) is 0.127. The van der Waals surface area contributed by atoms with Crippen molar-refractivity contribution in [1.29, 1.82) is 0 Å². The van der Waals surface area contributed by atoms with E-state index in [0.717, 1.165) is 16.7 Å². The molecule has 2 aliphatic rings. The first kappa shape index (κ1) is 37.6. The van der Waals surface area contributed by atoms with Gasteiger partial charge in [-0.05, 0) is 64.6 Å². The number of fused-ring (bicyclic) bond motifs is 2. The predicted molar refractivity (Wildman–Crippen MR) is 214 cm³/mol. The number of methoxy groups -OCH3 is 2. The molecule has 0 heterocycles. The van der Waals surface area contributed by atoms with Crippen molar-refractivity contribution in [3.63, 3.8) is 0 Å². The fourth-order valence-corrected chi connectivity index (χ4v) is 7.72. The molecule has 0 saturated carbocycles. The summed E-state index contributed by atoms with van der Waals surface area (Å²) < 4.78 is 16.1.